The Morgan fingerprint density at radius 3 is 2.37 bits per heavy atom. The van der Waals surface area contributed by atoms with E-state index in [1.54, 1.807) is 6.07 Å². The monoisotopic (exact) mass is 630 g/mol. The van der Waals surface area contributed by atoms with Gasteiger partial charge < -0.3 is 9.13 Å². The van der Waals surface area contributed by atoms with Crippen LogP contribution in [0.2, 0.25) is 0 Å². The van der Waals surface area contributed by atoms with Gasteiger partial charge in [0.2, 0.25) is 0 Å². The first-order valence-corrected chi connectivity index (χ1v) is 16.8. The molecule has 6 aromatic rings. The van der Waals surface area contributed by atoms with Crippen LogP contribution in [-0.4, -0.2) is 9.13 Å². The summed E-state index contributed by atoms with van der Waals surface area (Å²) in [6.45, 7) is 6.20. The number of allylic oxidation sites excluding steroid dienone is 6. The van der Waals surface area contributed by atoms with Crippen LogP contribution in [0.15, 0.2) is 128 Å². The van der Waals surface area contributed by atoms with E-state index in [9.17, 15) is 10.5 Å². The summed E-state index contributed by atoms with van der Waals surface area (Å²) in [5.74, 6) is -0.176. The zero-order valence-electron chi connectivity index (χ0n) is 27.3. The molecule has 0 spiro atoms. The van der Waals surface area contributed by atoms with Gasteiger partial charge in [0.05, 0.1) is 34.8 Å². The van der Waals surface area contributed by atoms with E-state index in [0.29, 0.717) is 11.1 Å². The van der Waals surface area contributed by atoms with Crippen molar-refractivity contribution in [3.8, 4) is 29.0 Å². The van der Waals surface area contributed by atoms with Crippen molar-refractivity contribution in [3.05, 3.63) is 167 Å². The first kappa shape index (κ1) is 30.0. The van der Waals surface area contributed by atoms with E-state index in [-0.39, 0.29) is 12.0 Å². The maximum absolute atomic E-state index is 10.6. The summed E-state index contributed by atoms with van der Waals surface area (Å²) in [5, 5.41) is 23.1. The zero-order valence-corrected chi connectivity index (χ0v) is 27.3. The third-order valence-electron chi connectivity index (χ3n) is 9.98. The summed E-state index contributed by atoms with van der Waals surface area (Å²) < 4.78 is 4.72. The first-order valence-electron chi connectivity index (χ1n) is 16.8. The van der Waals surface area contributed by atoms with Crippen molar-refractivity contribution < 1.29 is 0 Å². The second-order valence-electron chi connectivity index (χ2n) is 12.6. The summed E-state index contributed by atoms with van der Waals surface area (Å²) in [7, 11) is 0. The largest absolute Gasteiger partial charge is 0.332 e. The van der Waals surface area contributed by atoms with Gasteiger partial charge in [0, 0.05) is 44.8 Å². The molecule has 0 N–H and O–H groups in total. The van der Waals surface area contributed by atoms with E-state index in [0.717, 1.165) is 57.4 Å². The Morgan fingerprint density at radius 1 is 0.857 bits per heavy atom. The number of rotatable bonds is 6. The summed E-state index contributed by atoms with van der Waals surface area (Å²) in [6.07, 6.45) is 21.3. The van der Waals surface area contributed by atoms with Crippen molar-refractivity contribution in [1.82, 2.24) is 9.13 Å². The normalized spacial score (nSPS) is 16.6. The van der Waals surface area contributed by atoms with Crippen LogP contribution in [0, 0.1) is 22.7 Å². The van der Waals surface area contributed by atoms with Gasteiger partial charge in [0.15, 0.2) is 0 Å². The van der Waals surface area contributed by atoms with Gasteiger partial charge in [-0.2, -0.15) is 10.5 Å². The zero-order chi connectivity index (χ0) is 33.5. The predicted octanol–water partition coefficient (Wildman–Crippen LogP) is 11.1. The molecule has 49 heavy (non-hydrogen) atoms. The molecule has 0 saturated carbocycles. The molecule has 2 aliphatic carbocycles. The van der Waals surface area contributed by atoms with Crippen molar-refractivity contribution in [1.29, 1.82) is 10.5 Å². The highest BCUT2D eigenvalue weighted by atomic mass is 15.0. The molecule has 2 heterocycles. The quantitative estimate of drug-likeness (QED) is 0.184. The number of aromatic nitrogens is 2. The third-order valence-corrected chi connectivity index (χ3v) is 9.98. The molecule has 234 valence electrons. The Labute approximate surface area is 286 Å². The molecular weight excluding hydrogens is 597 g/mol. The SMILES string of the molecule is C=Cc1c(/C=C\C)n(C2C=CC=CC2c2c(C#N)cc(C#N)cc2-c2ccc(-n3c4c(c5ccccc53)CCC=C4)cc2)c2ccccc12. The van der Waals surface area contributed by atoms with Crippen LogP contribution < -0.4 is 0 Å². The number of fused-ring (bicyclic) bond motifs is 4. The molecule has 4 heteroatoms. The van der Waals surface area contributed by atoms with E-state index in [4.69, 9.17) is 0 Å². The van der Waals surface area contributed by atoms with E-state index in [2.05, 4.69) is 149 Å². The fourth-order valence-corrected chi connectivity index (χ4v) is 7.95. The lowest BCUT2D eigenvalue weighted by Gasteiger charge is -2.31. The lowest BCUT2D eigenvalue weighted by molar-refractivity contribution is 0.558. The number of hydrogen-bond acceptors (Lipinski definition) is 2. The molecule has 4 aromatic carbocycles. The van der Waals surface area contributed by atoms with Gasteiger partial charge in [-0.25, -0.2) is 0 Å². The van der Waals surface area contributed by atoms with Gasteiger partial charge in [-0.05, 0) is 90.6 Å². The minimum absolute atomic E-state index is 0.127. The molecular formula is C45H34N4. The Hall–Kier alpha value is -6.36. The van der Waals surface area contributed by atoms with Crippen LogP contribution in [0.25, 0.3) is 56.8 Å². The fourth-order valence-electron chi connectivity index (χ4n) is 7.95. The lowest BCUT2D eigenvalue weighted by atomic mass is 9.80. The Balaban J connectivity index is 1.31. The predicted molar refractivity (Wildman–Crippen MR) is 202 cm³/mol. The summed E-state index contributed by atoms with van der Waals surface area (Å²) in [5.41, 5.74) is 11.9. The molecule has 0 bridgehead atoms. The molecule has 0 saturated heterocycles. The Kier molecular flexibility index (Phi) is 7.56. The summed E-state index contributed by atoms with van der Waals surface area (Å²) in [4.78, 5) is 0. The second-order valence-corrected chi connectivity index (χ2v) is 12.6. The molecule has 2 aliphatic rings. The Morgan fingerprint density at radius 2 is 1.61 bits per heavy atom. The summed E-state index contributed by atoms with van der Waals surface area (Å²) in [6, 6.07) is 34.0. The molecule has 2 unspecified atom stereocenters. The van der Waals surface area contributed by atoms with Crippen LogP contribution in [0.4, 0.5) is 0 Å². The molecule has 0 aliphatic heterocycles. The van der Waals surface area contributed by atoms with E-state index >= 15 is 0 Å². The molecule has 2 aromatic heterocycles. The van der Waals surface area contributed by atoms with Crippen molar-refractivity contribution in [2.45, 2.75) is 31.7 Å². The van der Waals surface area contributed by atoms with Gasteiger partial charge in [0.1, 0.15) is 0 Å². The van der Waals surface area contributed by atoms with Gasteiger partial charge in [-0.15, -0.1) is 0 Å². The lowest BCUT2D eigenvalue weighted by Crippen LogP contribution is -2.19. The van der Waals surface area contributed by atoms with Gasteiger partial charge in [-0.3, -0.25) is 0 Å². The van der Waals surface area contributed by atoms with Crippen LogP contribution in [-0.2, 0) is 6.42 Å². The number of benzene rings is 4. The maximum Gasteiger partial charge on any atom is 0.0995 e. The topological polar surface area (TPSA) is 57.4 Å². The number of nitrogens with zero attached hydrogens (tertiary/aromatic N) is 4. The van der Waals surface area contributed by atoms with Gasteiger partial charge in [0.25, 0.3) is 0 Å². The third kappa shape index (κ3) is 4.81. The van der Waals surface area contributed by atoms with Crippen LogP contribution in [0.5, 0.6) is 0 Å². The first-order chi connectivity index (χ1) is 24.2. The van der Waals surface area contributed by atoms with Gasteiger partial charge in [-0.1, -0.05) is 97.6 Å². The highest BCUT2D eigenvalue weighted by Crippen LogP contribution is 2.45. The number of aryl methyl sites for hydroxylation is 1. The highest BCUT2D eigenvalue weighted by Gasteiger charge is 2.31. The molecule has 0 radical (unpaired) electrons. The molecule has 8 rings (SSSR count). The average Bonchev–Trinajstić information content (AvgIpc) is 3.66. The van der Waals surface area contributed by atoms with Crippen LogP contribution >= 0.6 is 0 Å². The van der Waals surface area contributed by atoms with Crippen molar-refractivity contribution in [2.24, 2.45) is 0 Å². The molecule has 2 atom stereocenters. The van der Waals surface area contributed by atoms with Crippen molar-refractivity contribution >= 4 is 40.0 Å². The van der Waals surface area contributed by atoms with Crippen molar-refractivity contribution in [3.63, 3.8) is 0 Å². The van der Waals surface area contributed by atoms with Gasteiger partial charge >= 0.3 is 0 Å². The van der Waals surface area contributed by atoms with E-state index in [1.165, 1.54) is 22.2 Å². The second kappa shape index (κ2) is 12.3. The Bertz CT molecular complexity index is 2500. The van der Waals surface area contributed by atoms with Crippen LogP contribution in [0.3, 0.4) is 0 Å². The standard InChI is InChI=1S/C45H34N4/c1-3-13-40-34(4-2)35-14-5-11-20-43(35)49(40)44-21-12-8-17-38(44)45-32(29-47)26-30(28-46)27-39(45)31-22-24-33(25-23-31)48-41-18-9-6-15-36(41)37-16-7-10-19-42(37)48/h3-6,8-15,17-27,38,44H,2,7,16H2,1H3/b13-3-. The number of para-hydroxylation sites is 2. The molecule has 0 amide bonds. The molecule has 4 nitrogen and oxygen atoms in total. The number of nitriles is 2. The summed E-state index contributed by atoms with van der Waals surface area (Å²) >= 11 is 0. The highest BCUT2D eigenvalue weighted by molar-refractivity contribution is 5.94. The average molecular weight is 631 g/mol. The maximum atomic E-state index is 10.6. The van der Waals surface area contributed by atoms with Crippen molar-refractivity contribution in [2.75, 3.05) is 0 Å². The molecule has 0 fully saturated rings. The smallest absolute Gasteiger partial charge is 0.0995 e. The minimum Gasteiger partial charge on any atom is -0.332 e. The van der Waals surface area contributed by atoms with Crippen LogP contribution in [0.1, 0.15) is 64.5 Å². The minimum atomic E-state index is -0.176. The van der Waals surface area contributed by atoms with E-state index < -0.39 is 0 Å². The number of hydrogen-bond donors (Lipinski definition) is 0. The fraction of sp³-hybridized carbons (Fsp3) is 0.111. The van der Waals surface area contributed by atoms with E-state index in [1.807, 2.05) is 19.1 Å².